The number of carbonyl (C=O) groups is 2. The minimum Gasteiger partial charge on any atom is -0.456 e. The molecule has 0 aliphatic carbocycles. The Bertz CT molecular complexity index is 1140. The van der Waals surface area contributed by atoms with Crippen molar-refractivity contribution in [1.82, 2.24) is 19.6 Å². The predicted molar refractivity (Wildman–Crippen MR) is 114 cm³/mol. The number of ether oxygens (including phenoxy) is 1. The number of pyridine rings is 1. The topological polar surface area (TPSA) is 98.5 Å². The smallest absolute Gasteiger partial charge is 0.306 e. The lowest BCUT2D eigenvalue weighted by molar-refractivity contribution is -0.147. The van der Waals surface area contributed by atoms with Gasteiger partial charge in [0.15, 0.2) is 18.1 Å². The van der Waals surface area contributed by atoms with Crippen LogP contribution >= 0.6 is 23.2 Å². The number of aryl methyl sites for hydroxylation is 3. The van der Waals surface area contributed by atoms with E-state index in [4.69, 9.17) is 27.9 Å². The number of halogens is 2. The first-order chi connectivity index (χ1) is 14.2. The third-order valence-electron chi connectivity index (χ3n) is 4.69. The highest BCUT2D eigenvalue weighted by atomic mass is 35.5. The Morgan fingerprint density at radius 2 is 1.93 bits per heavy atom. The predicted octanol–water partition coefficient (Wildman–Crippen LogP) is 3.78. The van der Waals surface area contributed by atoms with Crippen LogP contribution in [0.15, 0.2) is 12.3 Å². The third-order valence-corrected chi connectivity index (χ3v) is 5.53. The molecule has 3 rings (SSSR count). The summed E-state index contributed by atoms with van der Waals surface area (Å²) < 4.78 is 6.84. The fraction of sp³-hybridized carbons (Fsp3) is 0.350. The van der Waals surface area contributed by atoms with Crippen LogP contribution in [0.25, 0.3) is 5.65 Å². The molecule has 3 aromatic rings. The van der Waals surface area contributed by atoms with Crippen molar-refractivity contribution in [2.45, 2.75) is 40.5 Å². The van der Waals surface area contributed by atoms with Gasteiger partial charge in [0.25, 0.3) is 5.91 Å². The van der Waals surface area contributed by atoms with E-state index in [1.807, 2.05) is 26.8 Å². The highest BCUT2D eigenvalue weighted by Gasteiger charge is 2.16. The van der Waals surface area contributed by atoms with Gasteiger partial charge in [-0.3, -0.25) is 9.59 Å². The first kappa shape index (κ1) is 22.0. The first-order valence-electron chi connectivity index (χ1n) is 9.26. The average Bonchev–Trinajstić information content (AvgIpc) is 3.07. The zero-order chi connectivity index (χ0) is 22.0. The first-order valence-corrected chi connectivity index (χ1v) is 10.0. The summed E-state index contributed by atoms with van der Waals surface area (Å²) in [5, 5.41) is 7.57. The van der Waals surface area contributed by atoms with E-state index in [0.717, 1.165) is 28.3 Å². The molecule has 0 spiro atoms. The van der Waals surface area contributed by atoms with Crippen molar-refractivity contribution < 1.29 is 14.3 Å². The number of nitrogens with one attached hydrogen (secondary N) is 1. The van der Waals surface area contributed by atoms with Crippen LogP contribution in [0.2, 0.25) is 10.0 Å². The summed E-state index contributed by atoms with van der Waals surface area (Å²) in [4.78, 5) is 32.7. The summed E-state index contributed by atoms with van der Waals surface area (Å²) in [7, 11) is 0. The Kier molecular flexibility index (Phi) is 6.58. The molecule has 0 radical (unpaired) electrons. The number of esters is 1. The third kappa shape index (κ3) is 4.71. The molecule has 0 bridgehead atoms. The van der Waals surface area contributed by atoms with Gasteiger partial charge < -0.3 is 10.1 Å². The van der Waals surface area contributed by atoms with E-state index in [1.54, 1.807) is 11.4 Å². The number of aromatic nitrogens is 4. The number of fused-ring (bicyclic) bond motifs is 1. The van der Waals surface area contributed by atoms with Gasteiger partial charge >= 0.3 is 5.97 Å². The largest absolute Gasteiger partial charge is 0.456 e. The average molecular weight is 450 g/mol. The number of hydrogen-bond acceptors (Lipinski definition) is 6. The Hall–Kier alpha value is -2.71. The van der Waals surface area contributed by atoms with Gasteiger partial charge in [0.2, 0.25) is 0 Å². The molecule has 0 saturated heterocycles. The summed E-state index contributed by atoms with van der Waals surface area (Å²) in [5.41, 5.74) is 4.94. The van der Waals surface area contributed by atoms with Crippen molar-refractivity contribution in [1.29, 1.82) is 0 Å². The molecule has 0 unspecified atom stereocenters. The van der Waals surface area contributed by atoms with Gasteiger partial charge in [-0.15, -0.1) is 0 Å². The Morgan fingerprint density at radius 1 is 1.20 bits per heavy atom. The normalized spacial score (nSPS) is 11.0. The van der Waals surface area contributed by atoms with Crippen LogP contribution in [0, 0.1) is 27.7 Å². The molecule has 0 fully saturated rings. The quantitative estimate of drug-likeness (QED) is 0.574. The van der Waals surface area contributed by atoms with Gasteiger partial charge in [-0.1, -0.05) is 23.2 Å². The minimum atomic E-state index is -0.540. The lowest BCUT2D eigenvalue weighted by atomic mass is 10.1. The second kappa shape index (κ2) is 8.97. The summed E-state index contributed by atoms with van der Waals surface area (Å²) in [5.74, 6) is -0.867. The van der Waals surface area contributed by atoms with Gasteiger partial charge in [-0.2, -0.15) is 5.10 Å². The Labute approximate surface area is 183 Å². The van der Waals surface area contributed by atoms with E-state index >= 15 is 0 Å². The molecule has 1 N–H and O–H groups in total. The number of amides is 1. The van der Waals surface area contributed by atoms with Crippen LogP contribution in [0.3, 0.4) is 0 Å². The standard InChI is InChI=1S/C20H21Cl2N5O3/c1-10-7-16-24-12(3)14(13(4)27(16)26-10)5-6-18(29)30-9-17(28)25-20-19(22)11(2)15(21)8-23-20/h7-8H,5-6,9H2,1-4H3,(H,23,25,28). The molecule has 8 nitrogen and oxygen atoms in total. The monoisotopic (exact) mass is 449 g/mol. The maximum Gasteiger partial charge on any atom is 0.306 e. The molecule has 10 heteroatoms. The van der Waals surface area contributed by atoms with Gasteiger partial charge in [-0.05, 0) is 45.2 Å². The number of hydrogen-bond donors (Lipinski definition) is 1. The SMILES string of the molecule is Cc1cc2nc(C)c(CCC(=O)OCC(=O)Nc3ncc(Cl)c(C)c3Cl)c(C)n2n1. The highest BCUT2D eigenvalue weighted by molar-refractivity contribution is 6.37. The molecule has 0 atom stereocenters. The maximum absolute atomic E-state index is 12.1. The molecule has 0 saturated carbocycles. The second-order valence-electron chi connectivity index (χ2n) is 6.92. The van der Waals surface area contributed by atoms with Crippen LogP contribution < -0.4 is 5.32 Å². The zero-order valence-corrected chi connectivity index (χ0v) is 18.6. The van der Waals surface area contributed by atoms with E-state index in [2.05, 4.69) is 20.4 Å². The Balaban J connectivity index is 1.56. The molecule has 0 aliphatic heterocycles. The van der Waals surface area contributed by atoms with E-state index in [1.165, 1.54) is 6.20 Å². The van der Waals surface area contributed by atoms with Gasteiger partial charge in [-0.25, -0.2) is 14.5 Å². The summed E-state index contributed by atoms with van der Waals surface area (Å²) in [6.45, 7) is 7.01. The van der Waals surface area contributed by atoms with Gasteiger partial charge in [0, 0.05) is 30.1 Å². The molecule has 3 heterocycles. The molecule has 0 aromatic carbocycles. The van der Waals surface area contributed by atoms with Crippen LogP contribution in [0.1, 0.15) is 34.6 Å². The lowest BCUT2D eigenvalue weighted by Gasteiger charge is -2.11. The van der Waals surface area contributed by atoms with Crippen LogP contribution in [0.5, 0.6) is 0 Å². The van der Waals surface area contributed by atoms with E-state index < -0.39 is 18.5 Å². The van der Waals surface area contributed by atoms with Crippen molar-refractivity contribution in [2.24, 2.45) is 0 Å². The molecular weight excluding hydrogens is 429 g/mol. The summed E-state index contributed by atoms with van der Waals surface area (Å²) in [6.07, 6.45) is 1.94. The fourth-order valence-electron chi connectivity index (χ4n) is 3.06. The van der Waals surface area contributed by atoms with Crippen molar-refractivity contribution in [3.05, 3.63) is 50.5 Å². The van der Waals surface area contributed by atoms with Crippen molar-refractivity contribution in [2.75, 3.05) is 11.9 Å². The second-order valence-corrected chi connectivity index (χ2v) is 7.70. The number of carbonyl (C=O) groups excluding carboxylic acids is 2. The molecule has 158 valence electrons. The van der Waals surface area contributed by atoms with Crippen LogP contribution in [-0.2, 0) is 20.7 Å². The van der Waals surface area contributed by atoms with Gasteiger partial charge in [0.05, 0.1) is 15.7 Å². The zero-order valence-electron chi connectivity index (χ0n) is 17.0. The summed E-state index contributed by atoms with van der Waals surface area (Å²) >= 11 is 12.0. The fourth-order valence-corrected chi connectivity index (χ4v) is 3.45. The van der Waals surface area contributed by atoms with Crippen LogP contribution in [-0.4, -0.2) is 38.1 Å². The molecule has 0 aliphatic rings. The van der Waals surface area contributed by atoms with Gasteiger partial charge in [0.1, 0.15) is 0 Å². The Morgan fingerprint density at radius 3 is 2.67 bits per heavy atom. The lowest BCUT2D eigenvalue weighted by Crippen LogP contribution is -2.22. The molecule has 30 heavy (non-hydrogen) atoms. The van der Waals surface area contributed by atoms with E-state index in [-0.39, 0.29) is 17.3 Å². The molecular formula is C20H21Cl2N5O3. The van der Waals surface area contributed by atoms with Crippen molar-refractivity contribution >= 4 is 46.5 Å². The number of anilines is 1. The maximum atomic E-state index is 12.1. The minimum absolute atomic E-state index is 0.113. The van der Waals surface area contributed by atoms with E-state index in [0.29, 0.717) is 17.0 Å². The molecule has 3 aromatic heterocycles. The van der Waals surface area contributed by atoms with E-state index in [9.17, 15) is 9.59 Å². The number of rotatable bonds is 6. The molecule has 1 amide bonds. The van der Waals surface area contributed by atoms with Crippen molar-refractivity contribution in [3.63, 3.8) is 0 Å². The summed E-state index contributed by atoms with van der Waals surface area (Å²) in [6, 6.07) is 1.90. The van der Waals surface area contributed by atoms with Crippen LogP contribution in [0.4, 0.5) is 5.82 Å². The number of nitrogens with zero attached hydrogens (tertiary/aromatic N) is 4. The van der Waals surface area contributed by atoms with Crippen molar-refractivity contribution in [3.8, 4) is 0 Å². The highest BCUT2D eigenvalue weighted by Crippen LogP contribution is 2.28.